The van der Waals surface area contributed by atoms with Crippen LogP contribution in [-0.2, 0) is 4.79 Å². The molecule has 1 aromatic rings. The van der Waals surface area contributed by atoms with Gasteiger partial charge < -0.3 is 10.1 Å². The first-order valence-corrected chi connectivity index (χ1v) is 6.67. The Bertz CT molecular complexity index is 415. The van der Waals surface area contributed by atoms with Gasteiger partial charge in [-0.25, -0.2) is 0 Å². The smallest absolute Gasteiger partial charge is 0.223 e. The molecule has 18 heavy (non-hydrogen) atoms. The van der Waals surface area contributed by atoms with Gasteiger partial charge >= 0.3 is 0 Å². The Morgan fingerprint density at radius 2 is 2.28 bits per heavy atom. The molecule has 1 fully saturated rings. The largest absolute Gasteiger partial charge is 0.494 e. The van der Waals surface area contributed by atoms with Crippen LogP contribution in [-0.4, -0.2) is 19.1 Å². The summed E-state index contributed by atoms with van der Waals surface area (Å²) in [4.78, 5) is 11.4. The van der Waals surface area contributed by atoms with Crippen molar-refractivity contribution in [2.75, 3.05) is 13.2 Å². The topological polar surface area (TPSA) is 38.3 Å². The molecular weight excluding hydrogens is 226 g/mol. The summed E-state index contributed by atoms with van der Waals surface area (Å²) >= 11 is 0. The third-order valence-corrected chi connectivity index (χ3v) is 3.42. The summed E-state index contributed by atoms with van der Waals surface area (Å²) in [5, 5.41) is 2.85. The van der Waals surface area contributed by atoms with Crippen LogP contribution in [0.3, 0.4) is 0 Å². The van der Waals surface area contributed by atoms with Crippen molar-refractivity contribution in [1.29, 1.82) is 0 Å². The Morgan fingerprint density at radius 3 is 2.94 bits per heavy atom. The maximum atomic E-state index is 11.4. The second-order valence-electron chi connectivity index (χ2n) is 5.14. The second-order valence-corrected chi connectivity index (χ2v) is 5.14. The molecule has 98 valence electrons. The van der Waals surface area contributed by atoms with Crippen LogP contribution < -0.4 is 10.1 Å². The van der Waals surface area contributed by atoms with Gasteiger partial charge in [0.25, 0.3) is 0 Å². The molecule has 0 aliphatic carbocycles. The van der Waals surface area contributed by atoms with E-state index in [1.807, 2.05) is 12.1 Å². The summed E-state index contributed by atoms with van der Waals surface area (Å²) in [6.07, 6.45) is 1.74. The van der Waals surface area contributed by atoms with Gasteiger partial charge in [0.2, 0.25) is 5.91 Å². The molecule has 1 aliphatic heterocycles. The molecule has 0 aromatic heterocycles. The minimum Gasteiger partial charge on any atom is -0.494 e. The van der Waals surface area contributed by atoms with Crippen LogP contribution in [0.1, 0.15) is 38.2 Å². The highest BCUT2D eigenvalue weighted by molar-refractivity contribution is 5.80. The van der Waals surface area contributed by atoms with E-state index in [4.69, 9.17) is 4.74 Å². The van der Waals surface area contributed by atoms with E-state index in [2.05, 4.69) is 31.3 Å². The van der Waals surface area contributed by atoms with Crippen LogP contribution in [0.15, 0.2) is 24.3 Å². The van der Waals surface area contributed by atoms with Crippen LogP contribution in [0.2, 0.25) is 0 Å². The first kappa shape index (κ1) is 12.9. The zero-order chi connectivity index (χ0) is 13.0. The van der Waals surface area contributed by atoms with Crippen molar-refractivity contribution in [2.45, 2.75) is 32.6 Å². The van der Waals surface area contributed by atoms with Gasteiger partial charge in [-0.1, -0.05) is 26.0 Å². The van der Waals surface area contributed by atoms with Crippen LogP contribution in [0.4, 0.5) is 0 Å². The van der Waals surface area contributed by atoms with Crippen LogP contribution in [0, 0.1) is 5.92 Å². The molecule has 1 atom stereocenters. The molecule has 1 amide bonds. The summed E-state index contributed by atoms with van der Waals surface area (Å²) in [6.45, 7) is 5.76. The highest BCUT2D eigenvalue weighted by Crippen LogP contribution is 2.21. The van der Waals surface area contributed by atoms with Gasteiger partial charge in [0, 0.05) is 12.5 Å². The lowest BCUT2D eigenvalue weighted by atomic mass is 10.0. The summed E-state index contributed by atoms with van der Waals surface area (Å²) in [5.41, 5.74) is 1.28. The van der Waals surface area contributed by atoms with Crippen LogP contribution in [0.5, 0.6) is 5.75 Å². The maximum Gasteiger partial charge on any atom is 0.223 e. The van der Waals surface area contributed by atoms with Crippen molar-refractivity contribution >= 4 is 5.91 Å². The number of amides is 1. The number of carbonyl (C=O) groups excluding carboxylic acids is 1. The van der Waals surface area contributed by atoms with Gasteiger partial charge in [0.1, 0.15) is 5.75 Å². The lowest BCUT2D eigenvalue weighted by Gasteiger charge is -2.11. The lowest BCUT2D eigenvalue weighted by Crippen LogP contribution is -2.20. The Morgan fingerprint density at radius 1 is 1.44 bits per heavy atom. The fourth-order valence-electron chi connectivity index (χ4n) is 2.20. The van der Waals surface area contributed by atoms with Crippen LogP contribution in [0.25, 0.3) is 0 Å². The van der Waals surface area contributed by atoms with Gasteiger partial charge in [0.15, 0.2) is 0 Å². The molecule has 1 aliphatic rings. The van der Waals surface area contributed by atoms with E-state index in [1.165, 1.54) is 5.56 Å². The Balaban J connectivity index is 1.82. The third kappa shape index (κ3) is 3.25. The molecule has 1 saturated heterocycles. The molecule has 0 saturated carbocycles. The lowest BCUT2D eigenvalue weighted by molar-refractivity contribution is -0.122. The van der Waals surface area contributed by atoms with E-state index in [-0.39, 0.29) is 11.8 Å². The molecule has 1 N–H and O–H groups in total. The fourth-order valence-corrected chi connectivity index (χ4v) is 2.20. The van der Waals surface area contributed by atoms with E-state index >= 15 is 0 Å². The Labute approximate surface area is 109 Å². The Kier molecular flexibility index (Phi) is 4.24. The molecule has 0 spiro atoms. The van der Waals surface area contributed by atoms with E-state index in [9.17, 15) is 4.79 Å². The van der Waals surface area contributed by atoms with E-state index in [1.54, 1.807) is 0 Å². The predicted molar refractivity (Wildman–Crippen MR) is 71.8 cm³/mol. The number of benzene rings is 1. The summed E-state index contributed by atoms with van der Waals surface area (Å²) in [6, 6.07) is 8.19. The van der Waals surface area contributed by atoms with E-state index < -0.39 is 0 Å². The van der Waals surface area contributed by atoms with Crippen LogP contribution >= 0.6 is 0 Å². The molecule has 1 heterocycles. The normalized spacial score (nSPS) is 19.1. The SMILES string of the molecule is CC(C)c1cccc(OCC[C@@H]2CCNC2=O)c1. The zero-order valence-corrected chi connectivity index (χ0v) is 11.1. The minimum absolute atomic E-state index is 0.137. The average molecular weight is 247 g/mol. The van der Waals surface area contributed by atoms with Crippen molar-refractivity contribution in [3.8, 4) is 5.75 Å². The number of ether oxygens (including phenoxy) is 1. The number of hydrogen-bond acceptors (Lipinski definition) is 2. The monoisotopic (exact) mass is 247 g/mol. The van der Waals surface area contributed by atoms with Gasteiger partial charge in [-0.2, -0.15) is 0 Å². The standard InChI is InChI=1S/C15H21NO2/c1-11(2)13-4-3-5-14(10-13)18-9-7-12-6-8-16-15(12)17/h3-5,10-12H,6-9H2,1-2H3,(H,16,17)/t12-/m0/s1. The minimum atomic E-state index is 0.137. The first-order valence-electron chi connectivity index (χ1n) is 6.67. The van der Waals surface area contributed by atoms with Crippen molar-refractivity contribution in [3.63, 3.8) is 0 Å². The number of nitrogens with one attached hydrogen (secondary N) is 1. The Hall–Kier alpha value is -1.51. The van der Waals surface area contributed by atoms with Gasteiger partial charge in [-0.3, -0.25) is 4.79 Å². The highest BCUT2D eigenvalue weighted by Gasteiger charge is 2.23. The first-order chi connectivity index (χ1) is 8.66. The van der Waals surface area contributed by atoms with Crippen molar-refractivity contribution < 1.29 is 9.53 Å². The van der Waals surface area contributed by atoms with Crippen molar-refractivity contribution in [2.24, 2.45) is 5.92 Å². The van der Waals surface area contributed by atoms with Gasteiger partial charge in [-0.05, 0) is 36.5 Å². The molecule has 2 rings (SSSR count). The second kappa shape index (κ2) is 5.89. The number of carbonyl (C=O) groups is 1. The highest BCUT2D eigenvalue weighted by atomic mass is 16.5. The molecule has 0 radical (unpaired) electrons. The van der Waals surface area contributed by atoms with E-state index in [0.29, 0.717) is 12.5 Å². The molecule has 0 bridgehead atoms. The maximum absolute atomic E-state index is 11.4. The number of hydrogen-bond donors (Lipinski definition) is 1. The van der Waals surface area contributed by atoms with Crippen molar-refractivity contribution in [1.82, 2.24) is 5.32 Å². The van der Waals surface area contributed by atoms with Gasteiger partial charge in [0.05, 0.1) is 6.61 Å². The zero-order valence-electron chi connectivity index (χ0n) is 11.1. The van der Waals surface area contributed by atoms with E-state index in [0.717, 1.165) is 25.1 Å². The van der Waals surface area contributed by atoms with Gasteiger partial charge in [-0.15, -0.1) is 0 Å². The molecule has 1 aromatic carbocycles. The molecular formula is C15H21NO2. The number of rotatable bonds is 5. The quantitative estimate of drug-likeness (QED) is 0.868. The summed E-state index contributed by atoms with van der Waals surface area (Å²) in [5.74, 6) is 1.72. The van der Waals surface area contributed by atoms with Crippen molar-refractivity contribution in [3.05, 3.63) is 29.8 Å². The molecule has 3 nitrogen and oxygen atoms in total. The third-order valence-electron chi connectivity index (χ3n) is 3.42. The molecule has 0 unspecified atom stereocenters. The average Bonchev–Trinajstić information content (AvgIpc) is 2.76. The molecule has 3 heteroatoms. The predicted octanol–water partition coefficient (Wildman–Crippen LogP) is 2.72. The summed E-state index contributed by atoms with van der Waals surface area (Å²) in [7, 11) is 0. The fraction of sp³-hybridized carbons (Fsp3) is 0.533. The summed E-state index contributed by atoms with van der Waals surface area (Å²) < 4.78 is 5.73.